The Kier molecular flexibility index (Phi) is 20.9. The van der Waals surface area contributed by atoms with Gasteiger partial charge in [0.15, 0.2) is 11.9 Å². The van der Waals surface area contributed by atoms with E-state index < -0.39 is 35.3 Å². The van der Waals surface area contributed by atoms with E-state index in [4.69, 9.17) is 25.1 Å². The Labute approximate surface area is 317 Å². The molecule has 0 unspecified atom stereocenters. The minimum Gasteiger partial charge on any atom is -0.480 e. The van der Waals surface area contributed by atoms with Gasteiger partial charge in [-0.2, -0.15) is 0 Å². The number of carbonyl (C=O) groups is 4. The van der Waals surface area contributed by atoms with Crippen LogP contribution in [0.15, 0.2) is 60.7 Å². The molecule has 0 bridgehead atoms. The maximum Gasteiger partial charge on any atom is 0.408 e. The summed E-state index contributed by atoms with van der Waals surface area (Å²) in [6, 6.07) is 17.3. The summed E-state index contributed by atoms with van der Waals surface area (Å²) < 4.78 is 17.7. The van der Waals surface area contributed by atoms with Crippen molar-refractivity contribution >= 4 is 36.3 Å². The second-order valence-corrected chi connectivity index (χ2v) is 13.5. The summed E-state index contributed by atoms with van der Waals surface area (Å²) in [6.45, 7) is 12.0. The average Bonchev–Trinajstić information content (AvgIpc) is 3.55. The molecule has 0 saturated carbocycles. The molecule has 6 N–H and O–H groups in total. The number of carboxylic acid groups (broad SMARTS) is 1. The summed E-state index contributed by atoms with van der Waals surface area (Å²) in [6.07, 6.45) is 1.40. The van der Waals surface area contributed by atoms with Gasteiger partial charge in [0.05, 0.1) is 38.5 Å². The molecule has 1 aromatic heterocycles. The third-order valence-corrected chi connectivity index (χ3v) is 6.95. The zero-order valence-corrected chi connectivity index (χ0v) is 32.2. The van der Waals surface area contributed by atoms with Gasteiger partial charge in [0.1, 0.15) is 11.6 Å². The molecule has 2 atom stereocenters. The first-order chi connectivity index (χ1) is 24.6. The molecule has 16 nitrogen and oxygen atoms in total. The number of tetrazole rings is 1. The predicted molar refractivity (Wildman–Crippen MR) is 200 cm³/mol. The van der Waals surface area contributed by atoms with Gasteiger partial charge in [-0.3, -0.25) is 9.59 Å². The van der Waals surface area contributed by atoms with Crippen LogP contribution >= 0.6 is 12.4 Å². The molecule has 0 radical (unpaired) electrons. The summed E-state index contributed by atoms with van der Waals surface area (Å²) in [5.74, 6) is -1.19. The number of nitrogens with two attached hydrogens (primary N) is 1. The first-order valence-electron chi connectivity index (χ1n) is 17.2. The molecular formula is C36H55ClN8O8. The molecule has 0 aliphatic rings. The first kappa shape index (κ1) is 46.4. The van der Waals surface area contributed by atoms with E-state index >= 15 is 0 Å². The number of amides is 3. The Balaban J connectivity index is 0.000000559. The van der Waals surface area contributed by atoms with E-state index in [9.17, 15) is 19.2 Å². The lowest BCUT2D eigenvalue weighted by molar-refractivity contribution is -0.141. The number of hydrogen-bond donors (Lipinski definition) is 5. The molecular weight excluding hydrogens is 708 g/mol. The normalized spacial score (nSPS) is 12.2. The summed E-state index contributed by atoms with van der Waals surface area (Å²) in [5, 5.41) is 28.8. The van der Waals surface area contributed by atoms with Crippen molar-refractivity contribution in [2.24, 2.45) is 5.73 Å². The molecule has 0 spiro atoms. The number of aliphatic carboxylic acids is 1. The Morgan fingerprint density at radius 3 is 1.96 bits per heavy atom. The maximum atomic E-state index is 12.5. The van der Waals surface area contributed by atoms with Crippen molar-refractivity contribution < 1.29 is 38.5 Å². The highest BCUT2D eigenvalue weighted by atomic mass is 35.5. The molecule has 1 heterocycles. The molecule has 0 fully saturated rings. The van der Waals surface area contributed by atoms with Gasteiger partial charge in [0.25, 0.3) is 0 Å². The summed E-state index contributed by atoms with van der Waals surface area (Å²) in [7, 11) is 0. The molecule has 17 heteroatoms. The molecule has 3 rings (SSSR count). The summed E-state index contributed by atoms with van der Waals surface area (Å²) >= 11 is 0. The Morgan fingerprint density at radius 2 is 1.45 bits per heavy atom. The van der Waals surface area contributed by atoms with E-state index in [0.717, 1.165) is 24.0 Å². The third kappa shape index (κ3) is 19.7. The smallest absolute Gasteiger partial charge is 0.408 e. The number of hydrogen-bond acceptors (Lipinski definition) is 11. The monoisotopic (exact) mass is 762 g/mol. The minimum absolute atomic E-state index is 0. The number of rotatable bonds is 19. The van der Waals surface area contributed by atoms with Crippen molar-refractivity contribution in [3.05, 3.63) is 77.6 Å². The van der Waals surface area contributed by atoms with E-state index in [0.29, 0.717) is 19.0 Å². The molecule has 53 heavy (non-hydrogen) atoms. The largest absolute Gasteiger partial charge is 0.480 e. The highest BCUT2D eigenvalue weighted by molar-refractivity contribution is 5.85. The quantitative estimate of drug-likeness (QED) is 0.110. The van der Waals surface area contributed by atoms with E-state index in [1.54, 1.807) is 34.6 Å². The van der Waals surface area contributed by atoms with Crippen LogP contribution in [-0.2, 0) is 48.4 Å². The van der Waals surface area contributed by atoms with Crippen molar-refractivity contribution in [1.29, 1.82) is 0 Å². The fourth-order valence-corrected chi connectivity index (χ4v) is 4.21. The molecule has 0 saturated heterocycles. The number of nitrogens with one attached hydrogen (secondary N) is 3. The van der Waals surface area contributed by atoms with Crippen molar-refractivity contribution in [3.8, 4) is 0 Å². The van der Waals surface area contributed by atoms with Crippen molar-refractivity contribution in [2.75, 3.05) is 19.8 Å². The number of alkyl carbamates (subject to hydrolysis) is 1. The van der Waals surface area contributed by atoms with Crippen LogP contribution in [-0.4, -0.2) is 86.1 Å². The van der Waals surface area contributed by atoms with Crippen LogP contribution in [0.1, 0.15) is 83.8 Å². The van der Waals surface area contributed by atoms with E-state index in [2.05, 4.69) is 38.4 Å². The van der Waals surface area contributed by atoms with Crippen LogP contribution in [0.3, 0.4) is 0 Å². The third-order valence-electron chi connectivity index (χ3n) is 6.95. The molecule has 3 aromatic rings. The highest BCUT2D eigenvalue weighted by Crippen LogP contribution is 2.14. The lowest BCUT2D eigenvalue weighted by Gasteiger charge is -2.23. The lowest BCUT2D eigenvalue weighted by atomic mass is 10.1. The second kappa shape index (κ2) is 23.8. The van der Waals surface area contributed by atoms with Crippen LogP contribution in [0.5, 0.6) is 0 Å². The Morgan fingerprint density at radius 1 is 0.887 bits per heavy atom. The summed E-state index contributed by atoms with van der Waals surface area (Å²) in [5.41, 5.74) is 6.11. The fraction of sp³-hybridized carbons (Fsp3) is 0.528. The van der Waals surface area contributed by atoms with Gasteiger partial charge < -0.3 is 41.0 Å². The van der Waals surface area contributed by atoms with Crippen LogP contribution in [0, 0.1) is 0 Å². The minimum atomic E-state index is -1.17. The predicted octanol–water partition coefficient (Wildman–Crippen LogP) is 3.69. The molecule has 0 aliphatic heterocycles. The number of aromatic nitrogens is 4. The van der Waals surface area contributed by atoms with Gasteiger partial charge in [-0.05, 0) is 62.6 Å². The molecule has 294 valence electrons. The number of unbranched alkanes of at least 4 members (excludes halogenated alkanes) is 1. The van der Waals surface area contributed by atoms with Gasteiger partial charge in [0.2, 0.25) is 11.8 Å². The van der Waals surface area contributed by atoms with Crippen LogP contribution < -0.4 is 21.7 Å². The van der Waals surface area contributed by atoms with Crippen LogP contribution in [0.25, 0.3) is 0 Å². The number of carbonyl (C=O) groups excluding carboxylic acids is 3. The maximum absolute atomic E-state index is 12.5. The number of halogens is 1. The SMILES string of the molecule is CC(C)(C)OC(=O)N[C@H](COCc1ccccc1)C(=O)O.CCCCNC(=O)CCn1nnnc1[C@@H](COCc1ccccc1)NC(=O)C(C)(C)N.Cl. The van der Waals surface area contributed by atoms with Crippen molar-refractivity contribution in [3.63, 3.8) is 0 Å². The topological polar surface area (TPSA) is 222 Å². The van der Waals surface area contributed by atoms with Gasteiger partial charge in [-0.1, -0.05) is 74.0 Å². The molecule has 3 amide bonds. The van der Waals surface area contributed by atoms with Crippen molar-refractivity contribution in [1.82, 2.24) is 36.2 Å². The zero-order valence-electron chi connectivity index (χ0n) is 31.4. The van der Waals surface area contributed by atoms with Gasteiger partial charge in [-0.25, -0.2) is 14.3 Å². The standard InChI is InChI=1S/C21H33N7O3.C15H21NO5.ClH/c1-4-5-12-23-18(29)11-13-28-19(25-26-27-28)17(24-20(30)21(2,3)22)15-31-14-16-9-7-6-8-10-16;1-15(2,3)21-14(19)16-12(13(17)18)10-20-9-11-7-5-4-6-8-11;/h6-10,17H,4-5,11-15,22H2,1-3H3,(H,23,29)(H,24,30);4-8,12H,9-10H2,1-3H3,(H,16,19)(H,17,18);1H/t17-;12-;/m11./s1. The van der Waals surface area contributed by atoms with Gasteiger partial charge >= 0.3 is 12.1 Å². The highest BCUT2D eigenvalue weighted by Gasteiger charge is 2.29. The van der Waals surface area contributed by atoms with Crippen LogP contribution in [0.4, 0.5) is 4.79 Å². The number of nitrogens with zero attached hydrogens (tertiary/aromatic N) is 4. The number of ether oxygens (including phenoxy) is 3. The van der Waals surface area contributed by atoms with Crippen LogP contribution in [0.2, 0.25) is 0 Å². The van der Waals surface area contributed by atoms with E-state index in [1.807, 2.05) is 60.7 Å². The van der Waals surface area contributed by atoms with Gasteiger partial charge in [0, 0.05) is 13.0 Å². The first-order valence-corrected chi connectivity index (χ1v) is 17.2. The van der Waals surface area contributed by atoms with Crippen molar-refractivity contribution in [2.45, 2.75) is 104 Å². The zero-order chi connectivity index (χ0) is 38.6. The Bertz CT molecular complexity index is 1510. The Hall–Kier alpha value is -4.64. The summed E-state index contributed by atoms with van der Waals surface area (Å²) in [4.78, 5) is 47.2. The number of aryl methyl sites for hydroxylation is 1. The number of carboxylic acids is 1. The lowest BCUT2D eigenvalue weighted by Crippen LogP contribution is -2.51. The molecule has 0 aliphatic carbocycles. The fourth-order valence-electron chi connectivity index (χ4n) is 4.21. The van der Waals surface area contributed by atoms with E-state index in [1.165, 1.54) is 4.68 Å². The second-order valence-electron chi connectivity index (χ2n) is 13.5. The van der Waals surface area contributed by atoms with Gasteiger partial charge in [-0.15, -0.1) is 17.5 Å². The molecule has 2 aromatic carbocycles. The van der Waals surface area contributed by atoms with E-state index in [-0.39, 0.29) is 57.0 Å². The number of benzene rings is 2. The average molecular weight is 763 g/mol.